The van der Waals surface area contributed by atoms with Gasteiger partial charge in [-0.1, -0.05) is 17.7 Å². The Kier molecular flexibility index (Phi) is 6.13. The maximum absolute atomic E-state index is 12.7. The summed E-state index contributed by atoms with van der Waals surface area (Å²) in [7, 11) is 0. The van der Waals surface area contributed by atoms with Gasteiger partial charge in [-0.2, -0.15) is 0 Å². The molecule has 138 valence electrons. The summed E-state index contributed by atoms with van der Waals surface area (Å²) in [5.41, 5.74) is 5.62. The van der Waals surface area contributed by atoms with E-state index in [0.29, 0.717) is 24.4 Å². The largest absolute Gasteiger partial charge is 0.484 e. The highest BCUT2D eigenvalue weighted by atomic mass is 35.5. The summed E-state index contributed by atoms with van der Waals surface area (Å²) in [6.45, 7) is 3.63. The highest BCUT2D eigenvalue weighted by Crippen LogP contribution is 2.23. The molecule has 0 saturated carbocycles. The lowest BCUT2D eigenvalue weighted by Gasteiger charge is -2.34. The van der Waals surface area contributed by atoms with Crippen molar-refractivity contribution in [2.45, 2.75) is 6.54 Å². The molecule has 0 unspecified atom stereocenters. The monoisotopic (exact) mass is 393 g/mol. The fourth-order valence-corrected chi connectivity index (χ4v) is 3.95. The minimum absolute atomic E-state index is 0.0339. The average molecular weight is 394 g/mol. The number of carbonyl (C=O) groups excluding carboxylic acids is 2. The zero-order valence-electron chi connectivity index (χ0n) is 14.2. The summed E-state index contributed by atoms with van der Waals surface area (Å²) in [6.07, 6.45) is 0. The van der Waals surface area contributed by atoms with E-state index in [1.165, 1.54) is 4.88 Å². The Morgan fingerprint density at radius 3 is 2.58 bits per heavy atom. The van der Waals surface area contributed by atoms with E-state index >= 15 is 0 Å². The molecule has 1 aromatic carbocycles. The zero-order valence-corrected chi connectivity index (χ0v) is 15.8. The van der Waals surface area contributed by atoms with E-state index < -0.39 is 5.91 Å². The van der Waals surface area contributed by atoms with Gasteiger partial charge in [-0.05, 0) is 30.3 Å². The van der Waals surface area contributed by atoms with Crippen LogP contribution in [0.3, 0.4) is 0 Å². The number of hydrogen-bond acceptors (Lipinski definition) is 5. The molecule has 26 heavy (non-hydrogen) atoms. The summed E-state index contributed by atoms with van der Waals surface area (Å²) in [4.78, 5) is 28.9. The molecular weight excluding hydrogens is 374 g/mol. The number of piperazine rings is 1. The number of nitrogens with two attached hydrogens (primary N) is 1. The molecule has 1 aromatic heterocycles. The molecule has 2 heterocycles. The minimum Gasteiger partial charge on any atom is -0.484 e. The van der Waals surface area contributed by atoms with Crippen molar-refractivity contribution < 1.29 is 14.3 Å². The molecule has 0 spiro atoms. The number of carbonyl (C=O) groups is 2. The number of primary amides is 1. The van der Waals surface area contributed by atoms with E-state index in [1.54, 1.807) is 35.6 Å². The Morgan fingerprint density at radius 2 is 1.92 bits per heavy atom. The summed E-state index contributed by atoms with van der Waals surface area (Å²) in [5, 5.41) is 0. The average Bonchev–Trinajstić information content (AvgIpc) is 3.05. The maximum atomic E-state index is 12.7. The van der Waals surface area contributed by atoms with Gasteiger partial charge in [0, 0.05) is 43.2 Å². The second-order valence-corrected chi connectivity index (χ2v) is 7.86. The number of amides is 2. The van der Waals surface area contributed by atoms with Crippen molar-refractivity contribution in [3.8, 4) is 5.75 Å². The number of nitrogens with zero attached hydrogens (tertiary/aromatic N) is 2. The Hall–Kier alpha value is -2.09. The fourth-order valence-electron chi connectivity index (χ4n) is 2.82. The fraction of sp³-hybridized carbons (Fsp3) is 0.333. The van der Waals surface area contributed by atoms with Crippen molar-refractivity contribution in [2.75, 3.05) is 32.8 Å². The van der Waals surface area contributed by atoms with Crippen LogP contribution < -0.4 is 10.5 Å². The SMILES string of the molecule is NC(=O)COc1cccc(C(=O)N2CCN(Cc3ccc(Cl)s3)CC2)c1. The molecular formula is C18H20ClN3O3S. The first-order chi connectivity index (χ1) is 12.5. The predicted molar refractivity (Wildman–Crippen MR) is 102 cm³/mol. The van der Waals surface area contributed by atoms with Gasteiger partial charge in [-0.25, -0.2) is 0 Å². The standard InChI is InChI=1S/C18H20ClN3O3S/c19-16-5-4-15(26-16)11-21-6-8-22(9-7-21)18(24)13-2-1-3-14(10-13)25-12-17(20)23/h1-5,10H,6-9,11-12H2,(H2,20,23). The van der Waals surface area contributed by atoms with E-state index in [1.807, 2.05) is 17.0 Å². The summed E-state index contributed by atoms with van der Waals surface area (Å²) in [5.74, 6) is -0.124. The van der Waals surface area contributed by atoms with Crippen LogP contribution in [0.25, 0.3) is 0 Å². The van der Waals surface area contributed by atoms with E-state index in [9.17, 15) is 9.59 Å². The predicted octanol–water partition coefficient (Wildman–Crippen LogP) is 2.22. The molecule has 2 amide bonds. The van der Waals surface area contributed by atoms with Gasteiger partial charge in [0.05, 0.1) is 4.34 Å². The Labute approximate surface area is 161 Å². The number of thiophene rings is 1. The van der Waals surface area contributed by atoms with Crippen LogP contribution in [0.1, 0.15) is 15.2 Å². The van der Waals surface area contributed by atoms with Gasteiger partial charge in [0.25, 0.3) is 11.8 Å². The second-order valence-electron chi connectivity index (χ2n) is 6.06. The third-order valence-electron chi connectivity index (χ3n) is 4.13. The van der Waals surface area contributed by atoms with Crippen LogP contribution in [0.4, 0.5) is 0 Å². The molecule has 2 aromatic rings. The molecule has 8 heteroatoms. The van der Waals surface area contributed by atoms with Gasteiger partial charge in [0.2, 0.25) is 0 Å². The number of benzene rings is 1. The van der Waals surface area contributed by atoms with E-state index in [0.717, 1.165) is 24.0 Å². The lowest BCUT2D eigenvalue weighted by Crippen LogP contribution is -2.48. The Morgan fingerprint density at radius 1 is 1.15 bits per heavy atom. The van der Waals surface area contributed by atoms with Crippen LogP contribution in [0.5, 0.6) is 5.75 Å². The van der Waals surface area contributed by atoms with E-state index in [4.69, 9.17) is 22.1 Å². The van der Waals surface area contributed by atoms with E-state index in [-0.39, 0.29) is 12.5 Å². The van der Waals surface area contributed by atoms with Crippen molar-refractivity contribution in [1.29, 1.82) is 0 Å². The summed E-state index contributed by atoms with van der Waals surface area (Å²) in [6, 6.07) is 10.8. The first-order valence-electron chi connectivity index (χ1n) is 8.28. The molecule has 0 bridgehead atoms. The Bertz CT molecular complexity index is 787. The molecule has 1 aliphatic heterocycles. The smallest absolute Gasteiger partial charge is 0.255 e. The zero-order chi connectivity index (χ0) is 18.5. The highest BCUT2D eigenvalue weighted by Gasteiger charge is 2.22. The van der Waals surface area contributed by atoms with Crippen molar-refractivity contribution in [3.05, 3.63) is 51.2 Å². The summed E-state index contributed by atoms with van der Waals surface area (Å²) < 4.78 is 6.07. The lowest BCUT2D eigenvalue weighted by atomic mass is 10.1. The van der Waals surface area contributed by atoms with Gasteiger partial charge < -0.3 is 15.4 Å². The van der Waals surface area contributed by atoms with Crippen LogP contribution in [0, 0.1) is 0 Å². The normalized spacial score (nSPS) is 15.0. The van der Waals surface area contributed by atoms with Gasteiger partial charge in [-0.15, -0.1) is 11.3 Å². The van der Waals surface area contributed by atoms with Gasteiger partial charge >= 0.3 is 0 Å². The lowest BCUT2D eigenvalue weighted by molar-refractivity contribution is -0.119. The molecule has 1 saturated heterocycles. The minimum atomic E-state index is -0.551. The molecule has 1 aliphatic rings. The van der Waals surface area contributed by atoms with Crippen molar-refractivity contribution >= 4 is 34.8 Å². The Balaban J connectivity index is 1.54. The van der Waals surface area contributed by atoms with Crippen LogP contribution >= 0.6 is 22.9 Å². The van der Waals surface area contributed by atoms with Crippen molar-refractivity contribution in [1.82, 2.24) is 9.80 Å². The molecule has 0 atom stereocenters. The summed E-state index contributed by atoms with van der Waals surface area (Å²) >= 11 is 7.56. The molecule has 3 rings (SSSR count). The van der Waals surface area contributed by atoms with Crippen LogP contribution in [-0.4, -0.2) is 54.4 Å². The van der Waals surface area contributed by atoms with Gasteiger partial charge in [0.1, 0.15) is 5.75 Å². The highest BCUT2D eigenvalue weighted by molar-refractivity contribution is 7.16. The van der Waals surface area contributed by atoms with E-state index in [2.05, 4.69) is 4.90 Å². The first-order valence-corrected chi connectivity index (χ1v) is 9.48. The van der Waals surface area contributed by atoms with Crippen molar-refractivity contribution in [2.24, 2.45) is 5.73 Å². The third-order valence-corrected chi connectivity index (χ3v) is 5.35. The second kappa shape index (κ2) is 8.53. The van der Waals surface area contributed by atoms with Crippen molar-refractivity contribution in [3.63, 3.8) is 0 Å². The molecule has 0 radical (unpaired) electrons. The molecule has 2 N–H and O–H groups in total. The first kappa shape index (κ1) is 18.7. The topological polar surface area (TPSA) is 75.9 Å². The molecule has 6 nitrogen and oxygen atoms in total. The third kappa shape index (κ3) is 4.97. The van der Waals surface area contributed by atoms with Gasteiger partial charge in [-0.3, -0.25) is 14.5 Å². The van der Waals surface area contributed by atoms with Gasteiger partial charge in [0.15, 0.2) is 6.61 Å². The number of ether oxygens (including phenoxy) is 1. The maximum Gasteiger partial charge on any atom is 0.255 e. The molecule has 1 fully saturated rings. The quantitative estimate of drug-likeness (QED) is 0.816. The number of rotatable bonds is 6. The van der Waals surface area contributed by atoms with Crippen LogP contribution in [0.2, 0.25) is 4.34 Å². The number of halogens is 1. The van der Waals surface area contributed by atoms with Crippen LogP contribution in [-0.2, 0) is 11.3 Å². The number of hydrogen-bond donors (Lipinski definition) is 1. The van der Waals surface area contributed by atoms with Crippen LogP contribution in [0.15, 0.2) is 36.4 Å². The molecule has 0 aliphatic carbocycles.